The molecule has 0 aliphatic carbocycles. The number of rotatable bonds is 23. The fourth-order valence-corrected chi connectivity index (χ4v) is 8.51. The van der Waals surface area contributed by atoms with Crippen LogP contribution in [0.15, 0.2) is 36.4 Å². The first kappa shape index (κ1) is 33.9. The second-order valence-corrected chi connectivity index (χ2v) is 15.4. The average molecular weight is 615 g/mol. The Morgan fingerprint density at radius 2 is 1.00 bits per heavy atom. The molecule has 0 bridgehead atoms. The third-order valence-corrected chi connectivity index (χ3v) is 11.6. The Labute approximate surface area is 253 Å². The van der Waals surface area contributed by atoms with Gasteiger partial charge in [-0.2, -0.15) is 23.5 Å². The first-order chi connectivity index (χ1) is 18.6. The van der Waals surface area contributed by atoms with Crippen molar-refractivity contribution in [2.24, 2.45) is 0 Å². The summed E-state index contributed by atoms with van der Waals surface area (Å²) < 4.78 is 0. The van der Waals surface area contributed by atoms with E-state index in [1.807, 2.05) is 31.2 Å². The summed E-state index contributed by atoms with van der Waals surface area (Å²) in [6, 6.07) is 11.5. The number of hydrogen-bond donors (Lipinski definition) is 2. The highest BCUT2D eigenvalue weighted by molar-refractivity contribution is 8.76. The number of benzene rings is 2. The zero-order valence-electron chi connectivity index (χ0n) is 23.1. The first-order valence-corrected chi connectivity index (χ1v) is 19.4. The molecular formula is C31H47ClO2S4. The molecule has 38 heavy (non-hydrogen) atoms. The molecule has 2 aromatic carbocycles. The molecule has 7 heteroatoms. The summed E-state index contributed by atoms with van der Waals surface area (Å²) in [5.41, 5.74) is 3.53. The van der Waals surface area contributed by atoms with Crippen molar-refractivity contribution >= 4 is 56.7 Å². The van der Waals surface area contributed by atoms with Crippen LogP contribution in [-0.4, -0.2) is 44.7 Å². The van der Waals surface area contributed by atoms with Crippen molar-refractivity contribution in [2.45, 2.75) is 84.0 Å². The summed E-state index contributed by atoms with van der Waals surface area (Å²) >= 11 is 10.1. The Morgan fingerprint density at radius 1 is 0.553 bits per heavy atom. The molecule has 2 N–H and O–H groups in total. The Bertz CT molecular complexity index is 809. The summed E-state index contributed by atoms with van der Waals surface area (Å²) in [6.45, 7) is 1.97. The van der Waals surface area contributed by atoms with Crippen LogP contribution in [0.1, 0.15) is 80.9 Å². The number of halogens is 1. The van der Waals surface area contributed by atoms with Gasteiger partial charge in [0.1, 0.15) is 11.5 Å². The number of phenolic OH excluding ortho intramolecular Hbond substituents is 2. The van der Waals surface area contributed by atoms with Gasteiger partial charge in [-0.1, -0.05) is 77.1 Å². The Hall–Kier alpha value is -0.270. The molecule has 0 aliphatic rings. The number of aryl methyl sites for hydroxylation is 3. The SMILES string of the molecule is Cc1cc(CCCSCCCCCCSSCCCCCCSCCCc2ccc(O)c(Cl)c2)ccc1O. The van der Waals surface area contributed by atoms with E-state index in [-0.39, 0.29) is 5.75 Å². The molecule has 0 heterocycles. The number of phenols is 2. The van der Waals surface area contributed by atoms with Crippen LogP contribution in [0.25, 0.3) is 0 Å². The van der Waals surface area contributed by atoms with Crippen molar-refractivity contribution in [3.05, 3.63) is 58.1 Å². The van der Waals surface area contributed by atoms with E-state index in [0.29, 0.717) is 10.8 Å². The number of unbranched alkanes of at least 4 members (excludes halogenated alkanes) is 6. The van der Waals surface area contributed by atoms with Gasteiger partial charge in [-0.25, -0.2) is 0 Å². The van der Waals surface area contributed by atoms with E-state index in [4.69, 9.17) is 11.6 Å². The molecule has 0 fully saturated rings. The molecule has 0 aliphatic heterocycles. The second kappa shape index (κ2) is 22.4. The minimum Gasteiger partial charge on any atom is -0.508 e. The lowest BCUT2D eigenvalue weighted by atomic mass is 10.1. The summed E-state index contributed by atoms with van der Waals surface area (Å²) in [4.78, 5) is 0. The summed E-state index contributed by atoms with van der Waals surface area (Å²) in [5, 5.41) is 19.5. The van der Waals surface area contributed by atoms with E-state index in [2.05, 4.69) is 51.2 Å². The largest absolute Gasteiger partial charge is 0.508 e. The molecular weight excluding hydrogens is 568 g/mol. The zero-order chi connectivity index (χ0) is 27.3. The van der Waals surface area contributed by atoms with E-state index in [0.717, 1.165) is 18.4 Å². The van der Waals surface area contributed by atoms with Crippen molar-refractivity contribution in [3.8, 4) is 11.5 Å². The molecule has 0 saturated carbocycles. The van der Waals surface area contributed by atoms with Crippen LogP contribution in [0, 0.1) is 6.92 Å². The van der Waals surface area contributed by atoms with Crippen LogP contribution in [0.3, 0.4) is 0 Å². The van der Waals surface area contributed by atoms with Crippen LogP contribution >= 0.6 is 56.7 Å². The molecule has 0 aromatic heterocycles. The van der Waals surface area contributed by atoms with Gasteiger partial charge >= 0.3 is 0 Å². The smallest absolute Gasteiger partial charge is 0.134 e. The predicted octanol–water partition coefficient (Wildman–Crippen LogP) is 10.6. The van der Waals surface area contributed by atoms with Crippen molar-refractivity contribution in [1.29, 1.82) is 0 Å². The van der Waals surface area contributed by atoms with E-state index in [9.17, 15) is 10.2 Å². The quantitative estimate of drug-likeness (QED) is 0.0958. The Balaban J connectivity index is 1.23. The predicted molar refractivity (Wildman–Crippen MR) is 179 cm³/mol. The topological polar surface area (TPSA) is 40.5 Å². The fourth-order valence-electron chi connectivity index (χ4n) is 4.09. The van der Waals surface area contributed by atoms with Crippen LogP contribution in [0.4, 0.5) is 0 Å². The van der Waals surface area contributed by atoms with E-state index < -0.39 is 0 Å². The Kier molecular flexibility index (Phi) is 20.0. The van der Waals surface area contributed by atoms with Gasteiger partial charge in [0, 0.05) is 11.5 Å². The maximum atomic E-state index is 9.61. The number of thioether (sulfide) groups is 2. The molecule has 214 valence electrons. The van der Waals surface area contributed by atoms with Gasteiger partial charge < -0.3 is 10.2 Å². The van der Waals surface area contributed by atoms with Gasteiger partial charge in [-0.3, -0.25) is 0 Å². The third kappa shape index (κ3) is 16.7. The zero-order valence-corrected chi connectivity index (χ0v) is 27.1. The summed E-state index contributed by atoms with van der Waals surface area (Å²) in [6.07, 6.45) is 15.4. The number of aromatic hydroxyl groups is 2. The molecule has 0 spiro atoms. The minimum atomic E-state index is 0.170. The van der Waals surface area contributed by atoms with Gasteiger partial charge in [-0.15, -0.1) is 0 Å². The molecule has 0 atom stereocenters. The van der Waals surface area contributed by atoms with Gasteiger partial charge in [0.25, 0.3) is 0 Å². The van der Waals surface area contributed by atoms with Crippen LogP contribution < -0.4 is 0 Å². The molecule has 0 amide bonds. The normalized spacial score (nSPS) is 11.3. The van der Waals surface area contributed by atoms with Crippen molar-refractivity contribution in [3.63, 3.8) is 0 Å². The minimum absolute atomic E-state index is 0.170. The average Bonchev–Trinajstić information content (AvgIpc) is 2.91. The highest BCUT2D eigenvalue weighted by Gasteiger charge is 2.01. The third-order valence-electron chi connectivity index (χ3n) is 6.40. The molecule has 2 aromatic rings. The maximum Gasteiger partial charge on any atom is 0.134 e. The van der Waals surface area contributed by atoms with E-state index >= 15 is 0 Å². The lowest BCUT2D eigenvalue weighted by molar-refractivity contribution is 0.471. The monoisotopic (exact) mass is 614 g/mol. The highest BCUT2D eigenvalue weighted by atomic mass is 35.5. The van der Waals surface area contributed by atoms with Gasteiger partial charge in [0.2, 0.25) is 0 Å². The Morgan fingerprint density at radius 3 is 1.50 bits per heavy atom. The fraction of sp³-hybridized carbons (Fsp3) is 0.613. The first-order valence-electron chi connectivity index (χ1n) is 14.2. The maximum absolute atomic E-state index is 9.61. The number of hydrogen-bond acceptors (Lipinski definition) is 6. The van der Waals surface area contributed by atoms with E-state index in [1.165, 1.54) is 110 Å². The molecule has 0 radical (unpaired) electrons. The van der Waals surface area contributed by atoms with Crippen LogP contribution in [0.2, 0.25) is 5.02 Å². The van der Waals surface area contributed by atoms with Crippen molar-refractivity contribution in [1.82, 2.24) is 0 Å². The van der Waals surface area contributed by atoms with E-state index in [1.54, 1.807) is 6.07 Å². The van der Waals surface area contributed by atoms with Gasteiger partial charge in [0.15, 0.2) is 0 Å². The molecule has 2 nitrogen and oxygen atoms in total. The van der Waals surface area contributed by atoms with Crippen LogP contribution in [-0.2, 0) is 12.8 Å². The van der Waals surface area contributed by atoms with Gasteiger partial charge in [0.05, 0.1) is 5.02 Å². The van der Waals surface area contributed by atoms with Crippen LogP contribution in [0.5, 0.6) is 11.5 Å². The lowest BCUT2D eigenvalue weighted by Crippen LogP contribution is -1.91. The van der Waals surface area contributed by atoms with Crippen molar-refractivity contribution < 1.29 is 10.2 Å². The second-order valence-electron chi connectivity index (χ2n) is 9.81. The molecule has 2 rings (SSSR count). The molecule has 0 saturated heterocycles. The summed E-state index contributed by atoms with van der Waals surface area (Å²) in [7, 11) is 4.15. The highest BCUT2D eigenvalue weighted by Crippen LogP contribution is 2.26. The van der Waals surface area contributed by atoms with Gasteiger partial charge in [-0.05, 0) is 116 Å². The standard InChI is InChI=1S/C31H47ClO2S4/c1-26-24-27(14-16-30(26)33)12-10-20-35-18-6-2-4-8-22-37-38-23-9-5-3-7-19-36-21-11-13-28-15-17-31(34)29(32)25-28/h14-17,24-25,33-34H,2-13,18-23H2,1H3. The van der Waals surface area contributed by atoms with Crippen molar-refractivity contribution in [2.75, 3.05) is 34.5 Å². The molecule has 0 unspecified atom stereocenters. The lowest BCUT2D eigenvalue weighted by Gasteiger charge is -2.05. The summed E-state index contributed by atoms with van der Waals surface area (Å²) in [5.74, 6) is 8.18.